The number of benzene rings is 1. The van der Waals surface area contributed by atoms with Gasteiger partial charge < -0.3 is 19.9 Å². The molecule has 27 heavy (non-hydrogen) atoms. The van der Waals surface area contributed by atoms with Crippen LogP contribution in [0.5, 0.6) is 5.75 Å². The van der Waals surface area contributed by atoms with E-state index >= 15 is 0 Å². The maximum Gasteiger partial charge on any atom is 0.275 e. The van der Waals surface area contributed by atoms with Crippen LogP contribution in [0.1, 0.15) is 10.4 Å². The molecule has 3 N–H and O–H groups in total. The lowest BCUT2D eigenvalue weighted by Crippen LogP contribution is -3.28. The van der Waals surface area contributed by atoms with Crippen LogP contribution in [0.15, 0.2) is 35.7 Å². The maximum absolute atomic E-state index is 13.5. The average molecular weight is 394 g/mol. The van der Waals surface area contributed by atoms with E-state index in [2.05, 4.69) is 16.8 Å². The predicted molar refractivity (Wildman–Crippen MR) is 104 cm³/mol. The standard InChI is InChI=1S/C20H26FN3O2S/c1-26-19-5-4-17(21)13-16(19)14-23-8-10-24(11-9-23)15-20(25)22-7-6-18-3-2-12-27-18/h2-5,12-13H,6-11,14-15H2,1H3,(H,22,25)/p+2. The third-order valence-corrected chi connectivity index (χ3v) is 5.97. The van der Waals surface area contributed by atoms with Crippen molar-refractivity contribution in [3.05, 3.63) is 52.0 Å². The number of nitrogens with one attached hydrogen (secondary N) is 3. The summed E-state index contributed by atoms with van der Waals surface area (Å²) < 4.78 is 18.9. The van der Waals surface area contributed by atoms with Crippen LogP contribution in [-0.2, 0) is 17.8 Å². The molecule has 1 aromatic heterocycles. The lowest BCUT2D eigenvalue weighted by atomic mass is 10.1. The van der Waals surface area contributed by atoms with Gasteiger partial charge in [0.2, 0.25) is 0 Å². The molecule has 0 bridgehead atoms. The molecule has 1 aliphatic rings. The molecular formula is C20H28FN3O2S+2. The number of amides is 1. The van der Waals surface area contributed by atoms with Crippen molar-refractivity contribution in [2.75, 3.05) is 46.4 Å². The van der Waals surface area contributed by atoms with Gasteiger partial charge in [-0.3, -0.25) is 4.79 Å². The van der Waals surface area contributed by atoms with Crippen LogP contribution in [0.4, 0.5) is 4.39 Å². The summed E-state index contributed by atoms with van der Waals surface area (Å²) in [5, 5.41) is 5.08. The van der Waals surface area contributed by atoms with Crippen molar-refractivity contribution in [2.24, 2.45) is 0 Å². The molecule has 1 amide bonds. The van der Waals surface area contributed by atoms with E-state index in [1.54, 1.807) is 30.6 Å². The number of quaternary nitrogens is 2. The summed E-state index contributed by atoms with van der Waals surface area (Å²) in [6.07, 6.45) is 0.895. The monoisotopic (exact) mass is 393 g/mol. The van der Waals surface area contributed by atoms with E-state index in [0.717, 1.165) is 50.5 Å². The number of carbonyl (C=O) groups is 1. The Balaban J connectivity index is 1.38. The van der Waals surface area contributed by atoms with Crippen molar-refractivity contribution in [1.82, 2.24) is 5.32 Å². The van der Waals surface area contributed by atoms with Crippen LogP contribution in [-0.4, -0.2) is 52.3 Å². The predicted octanol–water partition coefficient (Wildman–Crippen LogP) is -0.462. The summed E-state index contributed by atoms with van der Waals surface area (Å²) in [5.41, 5.74) is 0.905. The molecule has 2 aromatic rings. The van der Waals surface area contributed by atoms with E-state index in [9.17, 15) is 9.18 Å². The highest BCUT2D eigenvalue weighted by Gasteiger charge is 2.25. The number of hydrogen-bond donors (Lipinski definition) is 3. The van der Waals surface area contributed by atoms with Crippen LogP contribution in [0.25, 0.3) is 0 Å². The largest absolute Gasteiger partial charge is 0.496 e. The average Bonchev–Trinajstić information content (AvgIpc) is 3.17. The highest BCUT2D eigenvalue weighted by atomic mass is 32.1. The Morgan fingerprint density at radius 3 is 2.70 bits per heavy atom. The third-order valence-electron chi connectivity index (χ3n) is 5.03. The van der Waals surface area contributed by atoms with Crippen molar-refractivity contribution in [3.8, 4) is 5.75 Å². The fourth-order valence-electron chi connectivity index (χ4n) is 3.53. The highest BCUT2D eigenvalue weighted by molar-refractivity contribution is 7.09. The Hall–Kier alpha value is -1.96. The fourth-order valence-corrected chi connectivity index (χ4v) is 4.24. The van der Waals surface area contributed by atoms with E-state index < -0.39 is 0 Å². The molecule has 1 aromatic carbocycles. The van der Waals surface area contributed by atoms with Gasteiger partial charge in [0.15, 0.2) is 6.54 Å². The zero-order chi connectivity index (χ0) is 19.1. The molecule has 2 heterocycles. The summed E-state index contributed by atoms with van der Waals surface area (Å²) >= 11 is 1.72. The van der Waals surface area contributed by atoms with Gasteiger partial charge in [-0.05, 0) is 36.1 Å². The summed E-state index contributed by atoms with van der Waals surface area (Å²) in [7, 11) is 1.62. The van der Waals surface area contributed by atoms with Gasteiger partial charge in [-0.25, -0.2) is 4.39 Å². The zero-order valence-corrected chi connectivity index (χ0v) is 16.5. The summed E-state index contributed by atoms with van der Waals surface area (Å²) in [5.74, 6) is 0.634. The quantitative estimate of drug-likeness (QED) is 0.568. The van der Waals surface area contributed by atoms with Crippen LogP contribution >= 0.6 is 11.3 Å². The molecule has 0 atom stereocenters. The first-order valence-corrected chi connectivity index (χ1v) is 10.3. The third kappa shape index (κ3) is 6.02. The topological polar surface area (TPSA) is 47.2 Å². The molecule has 1 saturated heterocycles. The second-order valence-corrected chi connectivity index (χ2v) is 8.02. The second-order valence-electron chi connectivity index (χ2n) is 6.99. The van der Waals surface area contributed by atoms with Crippen LogP contribution in [0.2, 0.25) is 0 Å². The van der Waals surface area contributed by atoms with Gasteiger partial charge in [-0.15, -0.1) is 11.3 Å². The van der Waals surface area contributed by atoms with E-state index in [-0.39, 0.29) is 11.7 Å². The summed E-state index contributed by atoms with van der Waals surface area (Å²) in [6, 6.07) is 8.81. The Bertz CT molecular complexity index is 731. The Morgan fingerprint density at radius 1 is 1.22 bits per heavy atom. The normalized spacial score (nSPS) is 19.6. The molecule has 1 aliphatic heterocycles. The summed E-state index contributed by atoms with van der Waals surface area (Å²) in [6.45, 7) is 5.82. The molecule has 5 nitrogen and oxygen atoms in total. The first-order valence-electron chi connectivity index (χ1n) is 9.42. The second kappa shape index (κ2) is 9.82. The van der Waals surface area contributed by atoms with Crippen molar-refractivity contribution < 1.29 is 23.7 Å². The minimum atomic E-state index is -0.228. The van der Waals surface area contributed by atoms with Gasteiger partial charge >= 0.3 is 0 Å². The lowest BCUT2D eigenvalue weighted by Gasteiger charge is -2.29. The van der Waals surface area contributed by atoms with E-state index in [4.69, 9.17) is 4.74 Å². The number of ether oxygens (including phenoxy) is 1. The minimum absolute atomic E-state index is 0.122. The molecule has 0 spiro atoms. The van der Waals surface area contributed by atoms with Crippen molar-refractivity contribution >= 4 is 17.2 Å². The van der Waals surface area contributed by atoms with Gasteiger partial charge in [0.25, 0.3) is 5.91 Å². The molecule has 0 saturated carbocycles. The zero-order valence-electron chi connectivity index (χ0n) is 15.7. The summed E-state index contributed by atoms with van der Waals surface area (Å²) in [4.78, 5) is 16.2. The number of hydrogen-bond acceptors (Lipinski definition) is 3. The van der Waals surface area contributed by atoms with Crippen molar-refractivity contribution in [2.45, 2.75) is 13.0 Å². The first kappa shape index (κ1) is 19.8. The molecule has 0 aliphatic carbocycles. The molecule has 7 heteroatoms. The fraction of sp³-hybridized carbons (Fsp3) is 0.450. The number of halogens is 1. The molecule has 3 rings (SSSR count). The van der Waals surface area contributed by atoms with Gasteiger partial charge in [0.1, 0.15) is 44.3 Å². The lowest BCUT2D eigenvalue weighted by molar-refractivity contribution is -1.02. The smallest absolute Gasteiger partial charge is 0.275 e. The molecule has 1 fully saturated rings. The highest BCUT2D eigenvalue weighted by Crippen LogP contribution is 2.18. The van der Waals surface area contributed by atoms with E-state index in [0.29, 0.717) is 13.1 Å². The number of piperazine rings is 1. The number of methoxy groups -OCH3 is 1. The van der Waals surface area contributed by atoms with Gasteiger partial charge in [-0.1, -0.05) is 6.07 Å². The Morgan fingerprint density at radius 2 is 2.00 bits per heavy atom. The Kier molecular flexibility index (Phi) is 7.20. The van der Waals surface area contributed by atoms with Crippen LogP contribution in [0, 0.1) is 5.82 Å². The van der Waals surface area contributed by atoms with Crippen molar-refractivity contribution in [3.63, 3.8) is 0 Å². The molecule has 0 radical (unpaired) electrons. The van der Waals surface area contributed by atoms with Gasteiger partial charge in [0, 0.05) is 11.4 Å². The van der Waals surface area contributed by atoms with Gasteiger partial charge in [-0.2, -0.15) is 0 Å². The van der Waals surface area contributed by atoms with Crippen LogP contribution < -0.4 is 19.9 Å². The maximum atomic E-state index is 13.5. The minimum Gasteiger partial charge on any atom is -0.496 e. The number of carbonyl (C=O) groups excluding carboxylic acids is 1. The van der Waals surface area contributed by atoms with E-state index in [1.165, 1.54) is 20.7 Å². The van der Waals surface area contributed by atoms with Crippen LogP contribution in [0.3, 0.4) is 0 Å². The van der Waals surface area contributed by atoms with Crippen molar-refractivity contribution in [1.29, 1.82) is 0 Å². The number of rotatable bonds is 8. The SMILES string of the molecule is COc1ccc(F)cc1C[NH+]1CC[NH+](CC(=O)NCCc2cccs2)CC1. The van der Waals surface area contributed by atoms with E-state index in [1.807, 2.05) is 6.07 Å². The Labute approximate surface area is 163 Å². The molecule has 146 valence electrons. The molecule has 0 unspecified atom stereocenters. The first-order chi connectivity index (χ1) is 13.1. The van der Waals surface area contributed by atoms with Gasteiger partial charge in [0.05, 0.1) is 12.7 Å². The number of thiophene rings is 1. The molecular weight excluding hydrogens is 365 g/mol.